The summed E-state index contributed by atoms with van der Waals surface area (Å²) in [4.78, 5) is 37.9. The predicted molar refractivity (Wildman–Crippen MR) is 121 cm³/mol. The van der Waals surface area contributed by atoms with Crippen LogP contribution in [0.15, 0.2) is 41.6 Å². The van der Waals surface area contributed by atoms with Crippen LogP contribution in [0.2, 0.25) is 0 Å². The van der Waals surface area contributed by atoms with Gasteiger partial charge in [0, 0.05) is 43.6 Å². The second-order valence-electron chi connectivity index (χ2n) is 8.77. The van der Waals surface area contributed by atoms with Gasteiger partial charge in [-0.1, -0.05) is 6.08 Å². The van der Waals surface area contributed by atoms with E-state index in [1.807, 2.05) is 31.7 Å². The van der Waals surface area contributed by atoms with Crippen molar-refractivity contribution < 1.29 is 4.79 Å². The first-order chi connectivity index (χ1) is 14.7. The molecule has 0 aliphatic carbocycles. The summed E-state index contributed by atoms with van der Waals surface area (Å²) in [5, 5.41) is 7.13. The lowest BCUT2D eigenvalue weighted by Crippen LogP contribution is -2.49. The number of aryl methyl sites for hydroxylation is 1. The Labute approximate surface area is 180 Å². The van der Waals surface area contributed by atoms with Gasteiger partial charge in [0.25, 0.3) is 0 Å². The van der Waals surface area contributed by atoms with Gasteiger partial charge in [-0.2, -0.15) is 0 Å². The maximum Gasteiger partial charge on any atom is 0.318 e. The largest absolute Gasteiger partial charge is 0.339 e. The standard InChI is InChI=1S/C22H27N7O2/c1-22(2,3)27-21(31)29-9-7-14(8-10-29)17-11-16-19(23-13-24-20(16)26-17)25-15-5-6-18(30)28(4)12-15/h5-7,11-13H,8-10H2,1-4H3,(H,27,31)(H2,23,24,25,26). The summed E-state index contributed by atoms with van der Waals surface area (Å²) in [7, 11) is 1.71. The van der Waals surface area contributed by atoms with Crippen molar-refractivity contribution >= 4 is 34.1 Å². The van der Waals surface area contributed by atoms with Crippen molar-refractivity contribution in [3.05, 3.63) is 52.8 Å². The Hall–Kier alpha value is -3.62. The molecule has 3 N–H and O–H groups in total. The molecule has 31 heavy (non-hydrogen) atoms. The minimum Gasteiger partial charge on any atom is -0.339 e. The SMILES string of the molecule is Cn1cc(Nc2ncnc3[nH]c(C4=CCN(C(=O)NC(C)(C)C)CC4)cc23)ccc1=O. The maximum absolute atomic E-state index is 12.4. The molecule has 0 radical (unpaired) electrons. The van der Waals surface area contributed by atoms with E-state index in [0.29, 0.717) is 18.9 Å². The van der Waals surface area contributed by atoms with Gasteiger partial charge in [0.15, 0.2) is 0 Å². The minimum atomic E-state index is -0.259. The van der Waals surface area contributed by atoms with Crippen LogP contribution in [0.25, 0.3) is 16.6 Å². The van der Waals surface area contributed by atoms with E-state index >= 15 is 0 Å². The fourth-order valence-corrected chi connectivity index (χ4v) is 3.52. The Morgan fingerprint density at radius 2 is 2.03 bits per heavy atom. The number of H-pyrrole nitrogens is 1. The number of hydrogen-bond donors (Lipinski definition) is 3. The summed E-state index contributed by atoms with van der Waals surface area (Å²) in [5.74, 6) is 0.661. The summed E-state index contributed by atoms with van der Waals surface area (Å²) >= 11 is 0. The molecule has 9 nitrogen and oxygen atoms in total. The van der Waals surface area contributed by atoms with Gasteiger partial charge < -0.3 is 25.1 Å². The third-order valence-corrected chi connectivity index (χ3v) is 5.10. The molecule has 2 amide bonds. The fourth-order valence-electron chi connectivity index (χ4n) is 3.52. The molecule has 0 saturated carbocycles. The van der Waals surface area contributed by atoms with Crippen molar-refractivity contribution in [2.24, 2.45) is 7.05 Å². The molecule has 0 atom stereocenters. The molecule has 0 aromatic carbocycles. The first kappa shape index (κ1) is 20.6. The highest BCUT2D eigenvalue weighted by molar-refractivity contribution is 5.92. The predicted octanol–water partition coefficient (Wildman–Crippen LogP) is 3.00. The monoisotopic (exact) mass is 421 g/mol. The van der Waals surface area contributed by atoms with Crippen molar-refractivity contribution in [2.45, 2.75) is 32.7 Å². The number of amides is 2. The van der Waals surface area contributed by atoms with E-state index in [9.17, 15) is 9.59 Å². The van der Waals surface area contributed by atoms with Crippen LogP contribution >= 0.6 is 0 Å². The Bertz CT molecular complexity index is 1220. The number of rotatable bonds is 3. The number of hydrogen-bond acceptors (Lipinski definition) is 5. The van der Waals surface area contributed by atoms with Crippen LogP contribution in [0.5, 0.6) is 0 Å². The molecule has 1 aliphatic heterocycles. The highest BCUT2D eigenvalue weighted by Gasteiger charge is 2.22. The molecule has 0 unspecified atom stereocenters. The van der Waals surface area contributed by atoms with E-state index < -0.39 is 0 Å². The Morgan fingerprint density at radius 1 is 1.23 bits per heavy atom. The first-order valence-electron chi connectivity index (χ1n) is 10.2. The topological polar surface area (TPSA) is 108 Å². The molecule has 0 spiro atoms. The molecule has 0 fully saturated rings. The zero-order chi connectivity index (χ0) is 22.2. The zero-order valence-electron chi connectivity index (χ0n) is 18.2. The molecular weight excluding hydrogens is 394 g/mol. The van der Waals surface area contributed by atoms with Gasteiger partial charge in [-0.3, -0.25) is 4.79 Å². The lowest BCUT2D eigenvalue weighted by molar-refractivity contribution is 0.193. The number of pyridine rings is 1. The molecule has 4 rings (SSSR count). The number of fused-ring (bicyclic) bond motifs is 1. The molecule has 3 aromatic heterocycles. The maximum atomic E-state index is 12.4. The van der Waals surface area contributed by atoms with Crippen molar-refractivity contribution in [3.8, 4) is 0 Å². The number of nitrogens with one attached hydrogen (secondary N) is 3. The van der Waals surface area contributed by atoms with Crippen LogP contribution in [-0.2, 0) is 7.05 Å². The number of carbonyl (C=O) groups excluding carboxylic acids is 1. The average Bonchev–Trinajstić information content (AvgIpc) is 3.15. The molecule has 162 valence electrons. The number of urea groups is 1. The van der Waals surface area contributed by atoms with Crippen molar-refractivity contribution in [2.75, 3.05) is 18.4 Å². The van der Waals surface area contributed by atoms with Crippen molar-refractivity contribution in [1.82, 2.24) is 29.7 Å². The summed E-state index contributed by atoms with van der Waals surface area (Å²) in [5.41, 5.74) is 3.27. The quantitative estimate of drug-likeness (QED) is 0.603. The lowest BCUT2D eigenvalue weighted by atomic mass is 10.0. The smallest absolute Gasteiger partial charge is 0.318 e. The van der Waals surface area contributed by atoms with E-state index in [1.165, 1.54) is 17.0 Å². The van der Waals surface area contributed by atoms with Crippen LogP contribution < -0.4 is 16.2 Å². The third kappa shape index (κ3) is 4.60. The zero-order valence-corrected chi connectivity index (χ0v) is 18.2. The van der Waals surface area contributed by atoms with Crippen molar-refractivity contribution in [1.29, 1.82) is 0 Å². The molecule has 1 aliphatic rings. The number of anilines is 2. The van der Waals surface area contributed by atoms with E-state index in [4.69, 9.17) is 0 Å². The molecule has 0 saturated heterocycles. The first-order valence-corrected chi connectivity index (χ1v) is 10.2. The minimum absolute atomic E-state index is 0.0472. The molecular formula is C22H27N7O2. The van der Waals surface area contributed by atoms with Gasteiger partial charge in [0.05, 0.1) is 11.1 Å². The molecule has 3 aromatic rings. The normalized spacial score (nSPS) is 14.5. The molecule has 9 heteroatoms. The van der Waals surface area contributed by atoms with E-state index in [-0.39, 0.29) is 17.1 Å². The summed E-state index contributed by atoms with van der Waals surface area (Å²) in [6.45, 7) is 7.13. The van der Waals surface area contributed by atoms with Gasteiger partial charge in [-0.25, -0.2) is 14.8 Å². The highest BCUT2D eigenvalue weighted by atomic mass is 16.2. The Balaban J connectivity index is 1.55. The summed E-state index contributed by atoms with van der Waals surface area (Å²) in [6.07, 6.45) is 6.05. The van der Waals surface area contributed by atoms with Gasteiger partial charge in [0.1, 0.15) is 17.8 Å². The number of carbonyl (C=O) groups is 1. The van der Waals surface area contributed by atoms with Gasteiger partial charge in [0.2, 0.25) is 5.56 Å². The number of nitrogens with zero attached hydrogens (tertiary/aromatic N) is 4. The van der Waals surface area contributed by atoms with Crippen molar-refractivity contribution in [3.63, 3.8) is 0 Å². The van der Waals surface area contributed by atoms with Crippen LogP contribution in [-0.4, -0.2) is 49.1 Å². The van der Waals surface area contributed by atoms with Gasteiger partial charge in [-0.05, 0) is 44.9 Å². The van der Waals surface area contributed by atoms with Gasteiger partial charge >= 0.3 is 6.03 Å². The Morgan fingerprint density at radius 3 is 2.71 bits per heavy atom. The second kappa shape index (κ2) is 7.90. The van der Waals surface area contributed by atoms with Crippen LogP contribution in [0, 0.1) is 0 Å². The van der Waals surface area contributed by atoms with E-state index in [0.717, 1.165) is 34.4 Å². The van der Waals surface area contributed by atoms with Crippen LogP contribution in [0.3, 0.4) is 0 Å². The molecule has 4 heterocycles. The number of aromatic amines is 1. The third-order valence-electron chi connectivity index (χ3n) is 5.10. The molecule has 0 bridgehead atoms. The van der Waals surface area contributed by atoms with E-state index in [1.54, 1.807) is 19.3 Å². The average molecular weight is 422 g/mol. The van der Waals surface area contributed by atoms with E-state index in [2.05, 4.69) is 31.7 Å². The van der Waals surface area contributed by atoms with Crippen LogP contribution in [0.1, 0.15) is 32.9 Å². The Kier molecular flexibility index (Phi) is 5.26. The number of aromatic nitrogens is 4. The van der Waals surface area contributed by atoms with Gasteiger partial charge in [-0.15, -0.1) is 0 Å². The highest BCUT2D eigenvalue weighted by Crippen LogP contribution is 2.29. The second-order valence-corrected chi connectivity index (χ2v) is 8.77. The lowest BCUT2D eigenvalue weighted by Gasteiger charge is -2.30. The fraction of sp³-hybridized carbons (Fsp3) is 0.364. The van der Waals surface area contributed by atoms with Crippen LogP contribution in [0.4, 0.5) is 16.3 Å². The summed E-state index contributed by atoms with van der Waals surface area (Å²) < 4.78 is 1.51. The summed E-state index contributed by atoms with van der Waals surface area (Å²) in [6, 6.07) is 5.22.